The number of ether oxygens (including phenoxy) is 2. The number of hydrogen-bond acceptors (Lipinski definition) is 7. The van der Waals surface area contributed by atoms with E-state index in [1.165, 1.54) is 22.7 Å². The Bertz CT molecular complexity index is 450. The van der Waals surface area contributed by atoms with E-state index >= 15 is 0 Å². The van der Waals surface area contributed by atoms with Gasteiger partial charge < -0.3 is 9.47 Å². The van der Waals surface area contributed by atoms with Crippen LogP contribution in [0.2, 0.25) is 0 Å². The van der Waals surface area contributed by atoms with Gasteiger partial charge >= 0.3 is 12.1 Å². The quantitative estimate of drug-likeness (QED) is 0.528. The largest absolute Gasteiger partial charge is 0.449 e. The first kappa shape index (κ1) is 21.9. The van der Waals surface area contributed by atoms with Crippen molar-refractivity contribution in [2.24, 2.45) is 0 Å². The summed E-state index contributed by atoms with van der Waals surface area (Å²) in [5, 5.41) is 8.54. The lowest BCUT2D eigenvalue weighted by Gasteiger charge is -2.29. The summed E-state index contributed by atoms with van der Waals surface area (Å²) in [6.07, 6.45) is -0.599. The second kappa shape index (κ2) is 9.28. The van der Waals surface area contributed by atoms with Crippen LogP contribution in [0.5, 0.6) is 0 Å². The van der Waals surface area contributed by atoms with Crippen LogP contribution in [0.25, 0.3) is 0 Å². The van der Waals surface area contributed by atoms with E-state index in [9.17, 15) is 9.59 Å². The van der Waals surface area contributed by atoms with Crippen LogP contribution in [0.3, 0.4) is 0 Å². The first-order valence-corrected chi connectivity index (χ1v) is 9.49. The number of hydrogen-bond donors (Lipinski definition) is 0. The summed E-state index contributed by atoms with van der Waals surface area (Å²) in [6.45, 7) is 11.1. The highest BCUT2D eigenvalue weighted by Gasteiger charge is 2.32. The minimum absolute atomic E-state index is 0.0241. The second-order valence-electron chi connectivity index (χ2n) is 6.85. The molecule has 0 aliphatic heterocycles. The van der Waals surface area contributed by atoms with Gasteiger partial charge in [-0.2, -0.15) is 5.26 Å². The first-order valence-electron chi connectivity index (χ1n) is 7.17. The van der Waals surface area contributed by atoms with Crippen molar-refractivity contribution < 1.29 is 19.1 Å². The van der Waals surface area contributed by atoms with Gasteiger partial charge in [0, 0.05) is 17.5 Å². The molecule has 0 aliphatic rings. The van der Waals surface area contributed by atoms with Crippen molar-refractivity contribution in [2.45, 2.75) is 57.9 Å². The zero-order valence-electron chi connectivity index (χ0n) is 14.8. The molecule has 0 saturated carbocycles. The topological polar surface area (TPSA) is 79.6 Å². The fourth-order valence-electron chi connectivity index (χ4n) is 1.27. The van der Waals surface area contributed by atoms with E-state index < -0.39 is 23.7 Å². The van der Waals surface area contributed by atoms with Crippen molar-refractivity contribution in [2.75, 3.05) is 19.4 Å². The predicted octanol–water partition coefficient (Wildman–Crippen LogP) is 3.47. The van der Waals surface area contributed by atoms with E-state index in [0.29, 0.717) is 5.75 Å². The highest BCUT2D eigenvalue weighted by molar-refractivity contribution is 8.77. The molecule has 6 nitrogen and oxygen atoms in total. The molecule has 1 amide bonds. The predicted molar refractivity (Wildman–Crippen MR) is 94.2 cm³/mol. The molecule has 0 fully saturated rings. The van der Waals surface area contributed by atoms with Gasteiger partial charge in [-0.25, -0.2) is 9.59 Å². The number of esters is 1. The maximum Gasteiger partial charge on any atom is 0.410 e. The standard InChI is InChI=1S/C15H26N2O4S2/c1-14(2,3)21-13(19)17(7)11(12(18)20-9-8-16)10-22-23-15(4,5)6/h11H,9-10H2,1-7H3/t11-/m0/s1. The van der Waals surface area contributed by atoms with Gasteiger partial charge in [0.1, 0.15) is 17.7 Å². The molecule has 0 aromatic carbocycles. The van der Waals surface area contributed by atoms with Gasteiger partial charge in [-0.15, -0.1) is 0 Å². The van der Waals surface area contributed by atoms with Gasteiger partial charge in [0.25, 0.3) is 0 Å². The highest BCUT2D eigenvalue weighted by atomic mass is 33.1. The van der Waals surface area contributed by atoms with Gasteiger partial charge in [0.05, 0.1) is 0 Å². The molecule has 0 N–H and O–H groups in total. The SMILES string of the molecule is CN(C(=O)OC(C)(C)C)[C@@H](CSSC(C)(C)C)C(=O)OCC#N. The lowest BCUT2D eigenvalue weighted by Crippen LogP contribution is -2.47. The highest BCUT2D eigenvalue weighted by Crippen LogP contribution is 2.35. The third-order valence-electron chi connectivity index (χ3n) is 2.23. The van der Waals surface area contributed by atoms with Crippen LogP contribution in [-0.4, -0.2) is 52.8 Å². The molecular formula is C15H26N2O4S2. The van der Waals surface area contributed by atoms with Crippen molar-refractivity contribution in [3.63, 3.8) is 0 Å². The van der Waals surface area contributed by atoms with E-state index in [1.54, 1.807) is 37.6 Å². The molecule has 132 valence electrons. The minimum atomic E-state index is -0.807. The molecule has 0 radical (unpaired) electrons. The Balaban J connectivity index is 4.92. The fourth-order valence-corrected chi connectivity index (χ4v) is 3.84. The van der Waals surface area contributed by atoms with Crippen molar-refractivity contribution in [1.82, 2.24) is 4.90 Å². The summed E-state index contributed by atoms with van der Waals surface area (Å²) in [5.74, 6) is -0.260. The van der Waals surface area contributed by atoms with Gasteiger partial charge in [0.15, 0.2) is 6.61 Å². The summed E-state index contributed by atoms with van der Waals surface area (Å²) >= 11 is 0. The monoisotopic (exact) mass is 362 g/mol. The Morgan fingerprint density at radius 2 is 1.78 bits per heavy atom. The number of nitriles is 1. The summed E-state index contributed by atoms with van der Waals surface area (Å²) < 4.78 is 10.2. The molecule has 8 heteroatoms. The van der Waals surface area contributed by atoms with Crippen LogP contribution < -0.4 is 0 Å². The summed E-state index contributed by atoms with van der Waals surface area (Å²) in [5.41, 5.74) is -0.653. The second-order valence-corrected chi connectivity index (χ2v) is 10.0. The number of carbonyl (C=O) groups excluding carboxylic acids is 2. The number of amides is 1. The van der Waals surface area contributed by atoms with Gasteiger partial charge in [0.2, 0.25) is 0 Å². The third-order valence-corrected chi connectivity index (χ3v) is 5.57. The van der Waals surface area contributed by atoms with Crippen LogP contribution in [0.15, 0.2) is 0 Å². The van der Waals surface area contributed by atoms with E-state index in [4.69, 9.17) is 14.7 Å². The Labute approximate surface area is 146 Å². The fraction of sp³-hybridized carbons (Fsp3) is 0.800. The molecule has 0 spiro atoms. The lowest BCUT2D eigenvalue weighted by atomic mass is 10.2. The summed E-state index contributed by atoms with van der Waals surface area (Å²) in [6, 6.07) is 0.943. The molecule has 0 unspecified atom stereocenters. The van der Waals surface area contributed by atoms with Crippen LogP contribution in [0.1, 0.15) is 41.5 Å². The number of rotatable bonds is 6. The molecule has 0 saturated heterocycles. The van der Waals surface area contributed by atoms with Crippen molar-refractivity contribution in [1.29, 1.82) is 5.26 Å². The molecule has 0 aromatic heterocycles. The normalized spacial score (nSPS) is 13.0. The molecule has 0 bridgehead atoms. The molecule has 0 aliphatic carbocycles. The van der Waals surface area contributed by atoms with E-state index in [2.05, 4.69) is 20.8 Å². The Hall–Kier alpha value is -1.07. The molecular weight excluding hydrogens is 336 g/mol. The third kappa shape index (κ3) is 10.3. The van der Waals surface area contributed by atoms with Crippen molar-refractivity contribution in [3.8, 4) is 6.07 Å². The minimum Gasteiger partial charge on any atom is -0.449 e. The zero-order valence-corrected chi connectivity index (χ0v) is 16.5. The number of likely N-dealkylation sites (N-methyl/N-ethyl adjacent to an activating group) is 1. The summed E-state index contributed by atoms with van der Waals surface area (Å²) in [4.78, 5) is 25.5. The average Bonchev–Trinajstić information content (AvgIpc) is 2.37. The Morgan fingerprint density at radius 3 is 2.22 bits per heavy atom. The van der Waals surface area contributed by atoms with E-state index in [0.717, 1.165) is 0 Å². The van der Waals surface area contributed by atoms with Gasteiger partial charge in [-0.1, -0.05) is 42.4 Å². The molecule has 0 heterocycles. The van der Waals surface area contributed by atoms with E-state index in [1.807, 2.05) is 0 Å². The van der Waals surface area contributed by atoms with E-state index in [-0.39, 0.29) is 11.4 Å². The smallest absolute Gasteiger partial charge is 0.410 e. The lowest BCUT2D eigenvalue weighted by molar-refractivity contribution is -0.147. The van der Waals surface area contributed by atoms with Gasteiger partial charge in [-0.05, 0) is 20.8 Å². The van der Waals surface area contributed by atoms with Crippen LogP contribution >= 0.6 is 21.6 Å². The van der Waals surface area contributed by atoms with Crippen LogP contribution in [0.4, 0.5) is 4.79 Å². The number of nitrogens with zero attached hydrogens (tertiary/aromatic N) is 2. The average molecular weight is 363 g/mol. The molecule has 23 heavy (non-hydrogen) atoms. The zero-order chi connectivity index (χ0) is 18.3. The number of carbonyl (C=O) groups is 2. The maximum atomic E-state index is 12.2. The first-order chi connectivity index (χ1) is 10.4. The molecule has 0 rings (SSSR count). The summed E-state index contributed by atoms with van der Waals surface area (Å²) in [7, 11) is 4.58. The Morgan fingerprint density at radius 1 is 1.22 bits per heavy atom. The Kier molecular flexibility index (Phi) is 8.85. The van der Waals surface area contributed by atoms with Gasteiger partial charge in [-0.3, -0.25) is 4.90 Å². The van der Waals surface area contributed by atoms with Crippen LogP contribution in [-0.2, 0) is 14.3 Å². The van der Waals surface area contributed by atoms with Crippen molar-refractivity contribution in [3.05, 3.63) is 0 Å². The molecule has 1 atom stereocenters. The molecule has 0 aromatic rings. The van der Waals surface area contributed by atoms with Crippen LogP contribution in [0, 0.1) is 11.3 Å². The van der Waals surface area contributed by atoms with Crippen molar-refractivity contribution >= 4 is 33.7 Å². The maximum absolute atomic E-state index is 12.2.